The first kappa shape index (κ1) is 10.9. The molecule has 0 spiro atoms. The van der Waals surface area contributed by atoms with E-state index < -0.39 is 0 Å². The van der Waals surface area contributed by atoms with Crippen LogP contribution in [0.3, 0.4) is 0 Å². The molecule has 76 valence electrons. The second kappa shape index (κ2) is 5.50. The molecule has 2 unspecified atom stereocenters. The number of carbonyl (C=O) groups excluding carboxylic acids is 1. The number of nitrogens with one attached hydrogen (secondary N) is 1. The van der Waals surface area contributed by atoms with Crippen LogP contribution in [0.1, 0.15) is 25.7 Å². The zero-order valence-electron chi connectivity index (χ0n) is 7.70. The second-order valence-electron chi connectivity index (χ2n) is 3.57. The smallest absolute Gasteiger partial charge is 0.229 e. The summed E-state index contributed by atoms with van der Waals surface area (Å²) in [6.07, 6.45) is 3.94. The maximum Gasteiger partial charge on any atom is 0.229 e. The van der Waals surface area contributed by atoms with Gasteiger partial charge < -0.3 is 10.4 Å². The summed E-state index contributed by atoms with van der Waals surface area (Å²) in [4.78, 5) is 10.9. The van der Waals surface area contributed by atoms with Gasteiger partial charge in [0.15, 0.2) is 0 Å². The maximum atomic E-state index is 10.9. The lowest BCUT2D eigenvalue weighted by Gasteiger charge is -2.27. The molecule has 1 aliphatic carbocycles. The first-order chi connectivity index (χ1) is 6.24. The van der Waals surface area contributed by atoms with Gasteiger partial charge >= 0.3 is 0 Å². The molecule has 0 bridgehead atoms. The molecule has 0 heterocycles. The summed E-state index contributed by atoms with van der Waals surface area (Å²) < 4.78 is 0. The largest absolute Gasteiger partial charge is 0.393 e. The van der Waals surface area contributed by atoms with Gasteiger partial charge in [0.2, 0.25) is 5.91 Å². The molecule has 3 nitrogen and oxygen atoms in total. The van der Waals surface area contributed by atoms with Crippen molar-refractivity contribution in [1.82, 2.24) is 5.32 Å². The van der Waals surface area contributed by atoms with Crippen molar-refractivity contribution in [1.29, 1.82) is 0 Å². The van der Waals surface area contributed by atoms with E-state index in [1.807, 2.05) is 0 Å². The summed E-state index contributed by atoms with van der Waals surface area (Å²) in [5.41, 5.74) is 0. The molecule has 1 aliphatic rings. The summed E-state index contributed by atoms with van der Waals surface area (Å²) in [6.45, 7) is 0.598. The van der Waals surface area contributed by atoms with Gasteiger partial charge in [0.05, 0.1) is 11.9 Å². The molecular weight excluding hydrogens is 186 g/mol. The SMILES string of the molecule is O=C(CS)NCC1CCCCC1O. The number of hydrogen-bond acceptors (Lipinski definition) is 3. The standard InChI is InChI=1S/C9H17NO2S/c11-8-4-2-1-3-7(8)5-10-9(12)6-13/h7-8,11,13H,1-6H2,(H,10,12). The monoisotopic (exact) mass is 203 g/mol. The van der Waals surface area contributed by atoms with E-state index in [1.165, 1.54) is 6.42 Å². The predicted molar refractivity (Wildman–Crippen MR) is 54.8 cm³/mol. The lowest BCUT2D eigenvalue weighted by atomic mass is 9.86. The van der Waals surface area contributed by atoms with E-state index in [1.54, 1.807) is 0 Å². The molecule has 2 atom stereocenters. The van der Waals surface area contributed by atoms with E-state index >= 15 is 0 Å². The third-order valence-corrected chi connectivity index (χ3v) is 2.86. The molecule has 13 heavy (non-hydrogen) atoms. The van der Waals surface area contributed by atoms with Gasteiger partial charge in [-0.15, -0.1) is 0 Å². The molecule has 0 saturated heterocycles. The topological polar surface area (TPSA) is 49.3 Å². The van der Waals surface area contributed by atoms with Crippen molar-refractivity contribution in [2.75, 3.05) is 12.3 Å². The van der Waals surface area contributed by atoms with Gasteiger partial charge in [0.1, 0.15) is 0 Å². The minimum Gasteiger partial charge on any atom is -0.393 e. The Labute approximate surface area is 84.3 Å². The molecular formula is C9H17NO2S. The molecule has 2 N–H and O–H groups in total. The van der Waals surface area contributed by atoms with Crippen LogP contribution in [0.25, 0.3) is 0 Å². The highest BCUT2D eigenvalue weighted by molar-refractivity contribution is 7.81. The first-order valence-electron chi connectivity index (χ1n) is 4.79. The summed E-state index contributed by atoms with van der Waals surface area (Å²) in [5, 5.41) is 12.3. The number of aliphatic hydroxyl groups is 1. The highest BCUT2D eigenvalue weighted by Gasteiger charge is 2.22. The number of carbonyl (C=O) groups is 1. The summed E-state index contributed by atoms with van der Waals surface area (Å²) in [6, 6.07) is 0. The quantitative estimate of drug-likeness (QED) is 0.588. The zero-order chi connectivity index (χ0) is 9.68. The molecule has 4 heteroatoms. The van der Waals surface area contributed by atoms with Gasteiger partial charge in [-0.25, -0.2) is 0 Å². The first-order valence-corrected chi connectivity index (χ1v) is 5.43. The minimum atomic E-state index is -0.228. The molecule has 0 aromatic rings. The van der Waals surface area contributed by atoms with E-state index in [0.29, 0.717) is 6.54 Å². The van der Waals surface area contributed by atoms with Crippen LogP contribution in [0.5, 0.6) is 0 Å². The van der Waals surface area contributed by atoms with Crippen LogP contribution in [0.4, 0.5) is 0 Å². The zero-order valence-corrected chi connectivity index (χ0v) is 8.59. The van der Waals surface area contributed by atoms with Gasteiger partial charge in [-0.05, 0) is 12.8 Å². The highest BCUT2D eigenvalue weighted by atomic mass is 32.1. The fourth-order valence-electron chi connectivity index (χ4n) is 1.73. The van der Waals surface area contributed by atoms with Crippen LogP contribution in [0, 0.1) is 5.92 Å². The van der Waals surface area contributed by atoms with Gasteiger partial charge in [-0.1, -0.05) is 12.8 Å². The van der Waals surface area contributed by atoms with Gasteiger partial charge in [0.25, 0.3) is 0 Å². The number of hydrogen-bond donors (Lipinski definition) is 3. The molecule has 1 fully saturated rings. The fourth-order valence-corrected chi connectivity index (χ4v) is 1.84. The van der Waals surface area contributed by atoms with Crippen LogP contribution in [-0.2, 0) is 4.79 Å². The molecule has 0 aliphatic heterocycles. The van der Waals surface area contributed by atoms with Crippen molar-refractivity contribution in [2.24, 2.45) is 5.92 Å². The van der Waals surface area contributed by atoms with Crippen LogP contribution in [0.15, 0.2) is 0 Å². The van der Waals surface area contributed by atoms with E-state index in [2.05, 4.69) is 17.9 Å². The lowest BCUT2D eigenvalue weighted by molar-refractivity contribution is -0.118. The van der Waals surface area contributed by atoms with Crippen LogP contribution >= 0.6 is 12.6 Å². The van der Waals surface area contributed by atoms with Crippen molar-refractivity contribution >= 4 is 18.5 Å². The Morgan fingerprint density at radius 3 is 2.77 bits per heavy atom. The molecule has 0 radical (unpaired) electrons. The van der Waals surface area contributed by atoms with Gasteiger partial charge in [-0.3, -0.25) is 4.79 Å². The Balaban J connectivity index is 2.22. The number of amides is 1. The van der Waals surface area contributed by atoms with Crippen molar-refractivity contribution in [3.8, 4) is 0 Å². The average Bonchev–Trinajstić information content (AvgIpc) is 2.16. The predicted octanol–water partition coefficient (Wildman–Crippen LogP) is 0.583. The van der Waals surface area contributed by atoms with E-state index in [0.717, 1.165) is 19.3 Å². The second-order valence-corrected chi connectivity index (χ2v) is 3.89. The number of rotatable bonds is 3. The third kappa shape index (κ3) is 3.56. The van der Waals surface area contributed by atoms with Crippen molar-refractivity contribution in [2.45, 2.75) is 31.8 Å². The lowest BCUT2D eigenvalue weighted by Crippen LogP contribution is -2.37. The summed E-state index contributed by atoms with van der Waals surface area (Å²) in [7, 11) is 0. The molecule has 0 aromatic heterocycles. The Bertz CT molecular complexity index is 175. The molecule has 1 saturated carbocycles. The van der Waals surface area contributed by atoms with Crippen LogP contribution in [-0.4, -0.2) is 29.4 Å². The van der Waals surface area contributed by atoms with E-state index in [-0.39, 0.29) is 23.7 Å². The number of aliphatic hydroxyl groups excluding tert-OH is 1. The molecule has 0 aromatic carbocycles. The Kier molecular flexibility index (Phi) is 4.59. The normalized spacial score (nSPS) is 28.5. The third-order valence-electron chi connectivity index (χ3n) is 2.57. The number of thiol groups is 1. The van der Waals surface area contributed by atoms with Gasteiger partial charge in [0, 0.05) is 12.5 Å². The van der Waals surface area contributed by atoms with E-state index in [9.17, 15) is 9.90 Å². The van der Waals surface area contributed by atoms with Crippen molar-refractivity contribution in [3.05, 3.63) is 0 Å². The Morgan fingerprint density at radius 1 is 1.46 bits per heavy atom. The Morgan fingerprint density at radius 2 is 2.15 bits per heavy atom. The van der Waals surface area contributed by atoms with Gasteiger partial charge in [-0.2, -0.15) is 12.6 Å². The minimum absolute atomic E-state index is 0.0545. The average molecular weight is 203 g/mol. The Hall–Kier alpha value is -0.220. The summed E-state index contributed by atoms with van der Waals surface area (Å²) in [5.74, 6) is 0.418. The van der Waals surface area contributed by atoms with Crippen molar-refractivity contribution in [3.63, 3.8) is 0 Å². The highest BCUT2D eigenvalue weighted by Crippen LogP contribution is 2.23. The fraction of sp³-hybridized carbons (Fsp3) is 0.889. The van der Waals surface area contributed by atoms with Crippen LogP contribution in [0.2, 0.25) is 0 Å². The summed E-state index contributed by atoms with van der Waals surface area (Å²) >= 11 is 3.86. The van der Waals surface area contributed by atoms with E-state index in [4.69, 9.17) is 0 Å². The van der Waals surface area contributed by atoms with Crippen LogP contribution < -0.4 is 5.32 Å². The maximum absolute atomic E-state index is 10.9. The van der Waals surface area contributed by atoms with Crippen molar-refractivity contribution < 1.29 is 9.90 Å². The molecule has 1 amide bonds. The molecule has 1 rings (SSSR count).